The van der Waals surface area contributed by atoms with E-state index >= 15 is 0 Å². The van der Waals surface area contributed by atoms with E-state index < -0.39 is 0 Å². The Morgan fingerprint density at radius 3 is 2.75 bits per heavy atom. The second-order valence-electron chi connectivity index (χ2n) is 6.86. The highest BCUT2D eigenvalue weighted by atomic mass is 127. The van der Waals surface area contributed by atoms with Gasteiger partial charge < -0.3 is 20.3 Å². The van der Waals surface area contributed by atoms with Crippen LogP contribution in [0.3, 0.4) is 0 Å². The van der Waals surface area contributed by atoms with Gasteiger partial charge in [-0.3, -0.25) is 4.99 Å². The van der Waals surface area contributed by atoms with Crippen LogP contribution in [0.1, 0.15) is 47.0 Å². The van der Waals surface area contributed by atoms with Crippen LogP contribution >= 0.6 is 24.0 Å². The van der Waals surface area contributed by atoms with Crippen LogP contribution in [0.25, 0.3) is 0 Å². The van der Waals surface area contributed by atoms with E-state index in [-0.39, 0.29) is 24.0 Å². The highest BCUT2D eigenvalue weighted by Gasteiger charge is 2.20. The molecule has 0 aromatic heterocycles. The maximum Gasteiger partial charge on any atom is 0.191 e. The number of ether oxygens (including phenoxy) is 1. The van der Waals surface area contributed by atoms with Crippen molar-refractivity contribution in [3.63, 3.8) is 0 Å². The Labute approximate surface area is 166 Å². The molecule has 1 aliphatic rings. The smallest absolute Gasteiger partial charge is 0.191 e. The van der Waals surface area contributed by atoms with Crippen molar-refractivity contribution in [2.45, 2.75) is 47.0 Å². The van der Waals surface area contributed by atoms with Crippen molar-refractivity contribution in [2.24, 2.45) is 16.8 Å². The fourth-order valence-electron chi connectivity index (χ4n) is 3.07. The number of hydrogen-bond donors (Lipinski definition) is 2. The van der Waals surface area contributed by atoms with E-state index in [0.717, 1.165) is 51.1 Å². The minimum absolute atomic E-state index is 0. The summed E-state index contributed by atoms with van der Waals surface area (Å²) < 4.78 is 5.37. The number of guanidine groups is 1. The molecule has 0 spiro atoms. The fourth-order valence-corrected chi connectivity index (χ4v) is 3.07. The van der Waals surface area contributed by atoms with Crippen LogP contribution in [0.2, 0.25) is 0 Å². The maximum atomic E-state index is 5.37. The molecule has 5 nitrogen and oxygen atoms in total. The van der Waals surface area contributed by atoms with Crippen LogP contribution in [-0.2, 0) is 4.74 Å². The Bertz CT molecular complexity index is 326. The standard InChI is InChI=1S/C18H38N4O.HI/c1-5-19-18(20-10-8-12-23-6-2)21-13-17-9-7-11-22(15-17)14-16(3)4;/h16-17H,5-15H2,1-4H3,(H2,19,20,21);1H. The molecule has 0 radical (unpaired) electrons. The molecule has 144 valence electrons. The average Bonchev–Trinajstić information content (AvgIpc) is 2.52. The number of hydrogen-bond acceptors (Lipinski definition) is 3. The lowest BCUT2D eigenvalue weighted by molar-refractivity contribution is 0.145. The number of nitrogens with zero attached hydrogens (tertiary/aromatic N) is 2. The number of aliphatic imine (C=N–C) groups is 1. The summed E-state index contributed by atoms with van der Waals surface area (Å²) in [5, 5.41) is 6.75. The van der Waals surface area contributed by atoms with Gasteiger partial charge in [-0.05, 0) is 51.5 Å². The summed E-state index contributed by atoms with van der Waals surface area (Å²) in [5.74, 6) is 2.40. The van der Waals surface area contributed by atoms with Gasteiger partial charge in [0.15, 0.2) is 5.96 Å². The predicted molar refractivity (Wildman–Crippen MR) is 115 cm³/mol. The van der Waals surface area contributed by atoms with E-state index in [2.05, 4.69) is 36.3 Å². The molecule has 0 aromatic rings. The monoisotopic (exact) mass is 454 g/mol. The molecule has 1 atom stereocenters. The van der Waals surface area contributed by atoms with Crippen LogP contribution in [0.5, 0.6) is 0 Å². The van der Waals surface area contributed by atoms with E-state index in [9.17, 15) is 0 Å². The molecule has 0 aliphatic carbocycles. The first-order valence-corrected chi connectivity index (χ1v) is 9.47. The zero-order valence-corrected chi connectivity index (χ0v) is 18.5. The molecule has 0 saturated carbocycles. The van der Waals surface area contributed by atoms with Gasteiger partial charge in [0, 0.05) is 45.9 Å². The molecule has 1 rings (SSSR count). The SMILES string of the molecule is CCNC(=NCC1CCCN(CC(C)C)C1)NCCCOCC.I. The zero-order valence-electron chi connectivity index (χ0n) is 16.1. The minimum Gasteiger partial charge on any atom is -0.382 e. The first-order valence-electron chi connectivity index (χ1n) is 9.47. The molecule has 1 saturated heterocycles. The Morgan fingerprint density at radius 2 is 2.08 bits per heavy atom. The predicted octanol–water partition coefficient (Wildman–Crippen LogP) is 2.95. The van der Waals surface area contributed by atoms with Gasteiger partial charge >= 0.3 is 0 Å². The van der Waals surface area contributed by atoms with E-state index in [4.69, 9.17) is 9.73 Å². The molecule has 0 amide bonds. The number of nitrogens with one attached hydrogen (secondary N) is 2. The van der Waals surface area contributed by atoms with Crippen LogP contribution < -0.4 is 10.6 Å². The van der Waals surface area contributed by atoms with Gasteiger partial charge in [0.2, 0.25) is 0 Å². The van der Waals surface area contributed by atoms with Crippen LogP contribution in [0.15, 0.2) is 4.99 Å². The molecule has 1 aliphatic heterocycles. The quantitative estimate of drug-likeness (QED) is 0.231. The van der Waals surface area contributed by atoms with Crippen LogP contribution in [-0.4, -0.2) is 63.3 Å². The molecule has 1 unspecified atom stereocenters. The first-order chi connectivity index (χ1) is 11.2. The van der Waals surface area contributed by atoms with Crippen molar-refractivity contribution in [2.75, 3.05) is 52.5 Å². The number of piperidine rings is 1. The number of likely N-dealkylation sites (tertiary alicyclic amines) is 1. The Hall–Kier alpha value is -0.0800. The average molecular weight is 454 g/mol. The highest BCUT2D eigenvalue weighted by Crippen LogP contribution is 2.17. The molecule has 24 heavy (non-hydrogen) atoms. The zero-order chi connectivity index (χ0) is 16.9. The third kappa shape index (κ3) is 11.5. The molecule has 1 fully saturated rings. The fraction of sp³-hybridized carbons (Fsp3) is 0.944. The molecular weight excluding hydrogens is 415 g/mol. The summed E-state index contributed by atoms with van der Waals surface area (Å²) in [7, 11) is 0. The molecule has 0 bridgehead atoms. The normalized spacial score (nSPS) is 19.2. The summed E-state index contributed by atoms with van der Waals surface area (Å²) in [6, 6.07) is 0. The van der Waals surface area contributed by atoms with Crippen molar-refractivity contribution in [3.05, 3.63) is 0 Å². The lowest BCUT2D eigenvalue weighted by Gasteiger charge is -2.33. The molecular formula is C18H39IN4O. The van der Waals surface area contributed by atoms with E-state index in [1.165, 1.54) is 32.5 Å². The van der Waals surface area contributed by atoms with Crippen molar-refractivity contribution < 1.29 is 4.74 Å². The molecule has 0 aromatic carbocycles. The van der Waals surface area contributed by atoms with Crippen molar-refractivity contribution >= 4 is 29.9 Å². The third-order valence-corrected chi connectivity index (χ3v) is 4.04. The van der Waals surface area contributed by atoms with E-state index in [1.54, 1.807) is 0 Å². The van der Waals surface area contributed by atoms with Crippen LogP contribution in [0, 0.1) is 11.8 Å². The lowest BCUT2D eigenvalue weighted by Crippen LogP contribution is -2.41. The minimum atomic E-state index is 0. The van der Waals surface area contributed by atoms with Gasteiger partial charge in [-0.15, -0.1) is 24.0 Å². The van der Waals surface area contributed by atoms with Crippen molar-refractivity contribution in [1.82, 2.24) is 15.5 Å². The Kier molecular flexibility index (Phi) is 15.1. The van der Waals surface area contributed by atoms with Crippen molar-refractivity contribution in [3.8, 4) is 0 Å². The lowest BCUT2D eigenvalue weighted by atomic mass is 9.97. The van der Waals surface area contributed by atoms with E-state index in [0.29, 0.717) is 5.92 Å². The number of halogens is 1. The summed E-state index contributed by atoms with van der Waals surface area (Å²) in [5.41, 5.74) is 0. The van der Waals surface area contributed by atoms with Gasteiger partial charge in [0.1, 0.15) is 0 Å². The third-order valence-electron chi connectivity index (χ3n) is 4.04. The maximum absolute atomic E-state index is 5.37. The van der Waals surface area contributed by atoms with Gasteiger partial charge in [0.05, 0.1) is 0 Å². The second kappa shape index (κ2) is 15.2. The van der Waals surface area contributed by atoms with Gasteiger partial charge in [0.25, 0.3) is 0 Å². The molecule has 1 heterocycles. The summed E-state index contributed by atoms with van der Waals surface area (Å²) in [6.07, 6.45) is 3.64. The molecule has 6 heteroatoms. The first kappa shape index (κ1) is 23.9. The highest BCUT2D eigenvalue weighted by molar-refractivity contribution is 14.0. The summed E-state index contributed by atoms with van der Waals surface area (Å²) >= 11 is 0. The van der Waals surface area contributed by atoms with Gasteiger partial charge in [-0.25, -0.2) is 0 Å². The topological polar surface area (TPSA) is 48.9 Å². The van der Waals surface area contributed by atoms with E-state index in [1.807, 2.05) is 6.92 Å². The summed E-state index contributed by atoms with van der Waals surface area (Å²) in [4.78, 5) is 7.40. The second-order valence-corrected chi connectivity index (χ2v) is 6.86. The summed E-state index contributed by atoms with van der Waals surface area (Å²) in [6.45, 7) is 16.8. The van der Waals surface area contributed by atoms with Gasteiger partial charge in [-0.2, -0.15) is 0 Å². The molecule has 2 N–H and O–H groups in total. The largest absolute Gasteiger partial charge is 0.382 e. The van der Waals surface area contributed by atoms with Crippen molar-refractivity contribution in [1.29, 1.82) is 0 Å². The Balaban J connectivity index is 0.00000529. The number of rotatable bonds is 10. The van der Waals surface area contributed by atoms with Crippen LogP contribution in [0.4, 0.5) is 0 Å². The Morgan fingerprint density at radius 1 is 1.29 bits per heavy atom. The van der Waals surface area contributed by atoms with Gasteiger partial charge in [-0.1, -0.05) is 13.8 Å².